The van der Waals surface area contributed by atoms with Gasteiger partial charge in [0.1, 0.15) is 6.10 Å². The number of ether oxygens (including phenoxy) is 1. The van der Waals surface area contributed by atoms with Crippen LogP contribution in [0.3, 0.4) is 0 Å². The zero-order valence-corrected chi connectivity index (χ0v) is 9.88. The summed E-state index contributed by atoms with van der Waals surface area (Å²) in [5.41, 5.74) is 1.89. The quantitative estimate of drug-likeness (QED) is 0.662. The van der Waals surface area contributed by atoms with E-state index in [0.29, 0.717) is 5.57 Å². The fourth-order valence-electron chi connectivity index (χ4n) is 1.68. The Morgan fingerprint density at radius 3 is 2.73 bits per heavy atom. The van der Waals surface area contributed by atoms with Crippen LogP contribution in [0.5, 0.6) is 0 Å². The molecule has 0 saturated heterocycles. The second-order valence-corrected chi connectivity index (χ2v) is 4.00. The van der Waals surface area contributed by atoms with Crippen LogP contribution in [0.15, 0.2) is 23.3 Å². The van der Waals surface area contributed by atoms with E-state index in [1.54, 1.807) is 0 Å². The molecule has 0 amide bonds. The molecule has 0 saturated carbocycles. The highest BCUT2D eigenvalue weighted by atomic mass is 16.5. The van der Waals surface area contributed by atoms with E-state index in [1.165, 1.54) is 5.57 Å². The van der Waals surface area contributed by atoms with Crippen molar-refractivity contribution in [3.63, 3.8) is 0 Å². The van der Waals surface area contributed by atoms with E-state index in [0.717, 1.165) is 25.7 Å². The summed E-state index contributed by atoms with van der Waals surface area (Å²) in [6.07, 6.45) is 8.29. The fraction of sp³-hybridized carbons (Fsp3) is 0.615. The molecule has 1 rings (SSSR count). The highest BCUT2D eigenvalue weighted by molar-refractivity contribution is 5.90. The smallest absolute Gasteiger partial charge is 0.334 e. The fourth-order valence-corrected chi connectivity index (χ4v) is 1.68. The second kappa shape index (κ2) is 5.74. The first-order valence-electron chi connectivity index (χ1n) is 5.78. The molecule has 0 radical (unpaired) electrons. The molecule has 0 aromatic rings. The van der Waals surface area contributed by atoms with Gasteiger partial charge in [0, 0.05) is 5.57 Å². The van der Waals surface area contributed by atoms with Crippen LogP contribution in [0.1, 0.15) is 46.5 Å². The van der Waals surface area contributed by atoms with E-state index in [-0.39, 0.29) is 12.1 Å². The van der Waals surface area contributed by atoms with E-state index in [4.69, 9.17) is 4.74 Å². The van der Waals surface area contributed by atoms with Gasteiger partial charge in [0.05, 0.1) is 0 Å². The van der Waals surface area contributed by atoms with Gasteiger partial charge in [-0.25, -0.2) is 4.79 Å². The van der Waals surface area contributed by atoms with Gasteiger partial charge in [-0.3, -0.25) is 0 Å². The van der Waals surface area contributed by atoms with Crippen molar-refractivity contribution >= 4 is 5.97 Å². The molecule has 0 N–H and O–H groups in total. The third-order valence-electron chi connectivity index (χ3n) is 2.55. The predicted molar refractivity (Wildman–Crippen MR) is 61.5 cm³/mol. The number of hydrogen-bond acceptors (Lipinski definition) is 2. The first kappa shape index (κ1) is 12.0. The van der Waals surface area contributed by atoms with Gasteiger partial charge in [0.2, 0.25) is 0 Å². The van der Waals surface area contributed by atoms with Crippen molar-refractivity contribution in [1.82, 2.24) is 0 Å². The van der Waals surface area contributed by atoms with Crippen LogP contribution in [-0.4, -0.2) is 12.1 Å². The summed E-state index contributed by atoms with van der Waals surface area (Å²) in [7, 11) is 0. The first-order chi connectivity index (χ1) is 7.19. The van der Waals surface area contributed by atoms with Crippen LogP contribution in [0.4, 0.5) is 0 Å². The molecule has 0 aliphatic carbocycles. The summed E-state index contributed by atoms with van der Waals surface area (Å²) in [5.74, 6) is -0.165. The number of hydrogen-bond donors (Lipinski definition) is 0. The van der Waals surface area contributed by atoms with Crippen molar-refractivity contribution in [2.75, 3.05) is 0 Å². The molecule has 1 heterocycles. The minimum atomic E-state index is -0.165. The normalized spacial score (nSPS) is 23.9. The SMILES string of the molecule is CCC/C=C1/C=C(C)C(=O)OC1CCC. The zero-order chi connectivity index (χ0) is 11.3. The van der Waals surface area contributed by atoms with Gasteiger partial charge in [-0.05, 0) is 31.4 Å². The average molecular weight is 208 g/mol. The van der Waals surface area contributed by atoms with Gasteiger partial charge < -0.3 is 4.74 Å². The highest BCUT2D eigenvalue weighted by Gasteiger charge is 2.23. The van der Waals surface area contributed by atoms with E-state index in [1.807, 2.05) is 13.0 Å². The molecule has 0 aromatic carbocycles. The van der Waals surface area contributed by atoms with Crippen LogP contribution in [0.25, 0.3) is 0 Å². The Balaban J connectivity index is 2.82. The van der Waals surface area contributed by atoms with Crippen LogP contribution in [0, 0.1) is 0 Å². The van der Waals surface area contributed by atoms with Crippen molar-refractivity contribution in [3.05, 3.63) is 23.3 Å². The lowest BCUT2D eigenvalue weighted by Crippen LogP contribution is -2.25. The zero-order valence-electron chi connectivity index (χ0n) is 9.88. The monoisotopic (exact) mass is 208 g/mol. The highest BCUT2D eigenvalue weighted by Crippen LogP contribution is 2.23. The molecule has 2 heteroatoms. The topological polar surface area (TPSA) is 26.3 Å². The van der Waals surface area contributed by atoms with E-state index < -0.39 is 0 Å². The van der Waals surface area contributed by atoms with Crippen molar-refractivity contribution in [1.29, 1.82) is 0 Å². The van der Waals surface area contributed by atoms with Gasteiger partial charge in [0.15, 0.2) is 0 Å². The van der Waals surface area contributed by atoms with Gasteiger partial charge >= 0.3 is 5.97 Å². The number of rotatable bonds is 4. The van der Waals surface area contributed by atoms with Crippen molar-refractivity contribution in [3.8, 4) is 0 Å². The van der Waals surface area contributed by atoms with E-state index in [2.05, 4.69) is 19.9 Å². The summed E-state index contributed by atoms with van der Waals surface area (Å²) in [4.78, 5) is 11.4. The Kier molecular flexibility index (Phi) is 4.60. The Hall–Kier alpha value is -1.05. The van der Waals surface area contributed by atoms with Gasteiger partial charge in [-0.2, -0.15) is 0 Å². The molecule has 0 aromatic heterocycles. The predicted octanol–water partition coefficient (Wildman–Crippen LogP) is 3.38. The minimum Gasteiger partial charge on any atom is -0.454 e. The maximum absolute atomic E-state index is 11.4. The van der Waals surface area contributed by atoms with E-state index in [9.17, 15) is 4.79 Å². The van der Waals surface area contributed by atoms with Gasteiger partial charge in [-0.1, -0.05) is 32.8 Å². The van der Waals surface area contributed by atoms with Crippen LogP contribution < -0.4 is 0 Å². The molecule has 1 atom stereocenters. The molecular weight excluding hydrogens is 188 g/mol. The maximum atomic E-state index is 11.4. The molecule has 0 fully saturated rings. The summed E-state index contributed by atoms with van der Waals surface area (Å²) >= 11 is 0. The van der Waals surface area contributed by atoms with Crippen LogP contribution >= 0.6 is 0 Å². The number of carbonyl (C=O) groups excluding carboxylic acids is 1. The van der Waals surface area contributed by atoms with Gasteiger partial charge in [0.25, 0.3) is 0 Å². The number of esters is 1. The summed E-state index contributed by atoms with van der Waals surface area (Å²) in [6.45, 7) is 6.07. The summed E-state index contributed by atoms with van der Waals surface area (Å²) in [5, 5.41) is 0. The molecule has 1 unspecified atom stereocenters. The second-order valence-electron chi connectivity index (χ2n) is 4.00. The minimum absolute atomic E-state index is 0.0160. The lowest BCUT2D eigenvalue weighted by molar-refractivity contribution is -0.143. The number of allylic oxidation sites excluding steroid dienone is 1. The number of unbranched alkanes of at least 4 members (excludes halogenated alkanes) is 1. The third kappa shape index (κ3) is 3.22. The Morgan fingerprint density at radius 2 is 2.13 bits per heavy atom. The molecule has 15 heavy (non-hydrogen) atoms. The molecule has 1 aliphatic heterocycles. The van der Waals surface area contributed by atoms with Gasteiger partial charge in [-0.15, -0.1) is 0 Å². The van der Waals surface area contributed by atoms with Crippen molar-refractivity contribution in [2.45, 2.75) is 52.6 Å². The van der Waals surface area contributed by atoms with Crippen LogP contribution in [0.2, 0.25) is 0 Å². The average Bonchev–Trinajstić information content (AvgIpc) is 2.21. The molecule has 84 valence electrons. The van der Waals surface area contributed by atoms with Crippen LogP contribution in [-0.2, 0) is 9.53 Å². The summed E-state index contributed by atoms with van der Waals surface area (Å²) in [6, 6.07) is 0. The molecule has 1 aliphatic rings. The molecule has 0 bridgehead atoms. The van der Waals surface area contributed by atoms with Crippen molar-refractivity contribution < 1.29 is 9.53 Å². The largest absolute Gasteiger partial charge is 0.454 e. The Labute approximate surface area is 92.0 Å². The Bertz CT molecular complexity index is 287. The standard InChI is InChI=1S/C13H20O2/c1-4-6-8-11-9-10(3)13(14)15-12(11)7-5-2/h8-9,12H,4-7H2,1-3H3/b11-8-. The summed E-state index contributed by atoms with van der Waals surface area (Å²) < 4.78 is 5.37. The van der Waals surface area contributed by atoms with Crippen molar-refractivity contribution in [2.24, 2.45) is 0 Å². The first-order valence-corrected chi connectivity index (χ1v) is 5.78. The molecule has 0 spiro atoms. The Morgan fingerprint density at radius 1 is 1.40 bits per heavy atom. The lowest BCUT2D eigenvalue weighted by Gasteiger charge is -2.23. The molecule has 2 nitrogen and oxygen atoms in total. The maximum Gasteiger partial charge on any atom is 0.334 e. The molecular formula is C13H20O2. The van der Waals surface area contributed by atoms with E-state index >= 15 is 0 Å². The third-order valence-corrected chi connectivity index (χ3v) is 2.55. The number of carbonyl (C=O) groups is 1. The number of cyclic esters (lactones) is 1. The lowest BCUT2D eigenvalue weighted by atomic mass is 9.98.